The number of nitrogens with zero attached hydrogens (tertiary/aromatic N) is 2. The van der Waals surface area contributed by atoms with Crippen LogP contribution in [0.15, 0.2) is 23.1 Å². The quantitative estimate of drug-likeness (QED) is 0.657. The Morgan fingerprint density at radius 1 is 1.35 bits per heavy atom. The molecule has 0 amide bonds. The first-order valence-corrected chi connectivity index (χ1v) is 8.17. The van der Waals surface area contributed by atoms with Crippen LogP contribution in [0.25, 0.3) is 0 Å². The molecule has 1 aliphatic heterocycles. The van der Waals surface area contributed by atoms with Gasteiger partial charge in [-0.05, 0) is 25.0 Å². The zero-order valence-corrected chi connectivity index (χ0v) is 12.0. The lowest BCUT2D eigenvalue weighted by molar-refractivity contribution is -0.384. The maximum Gasteiger partial charge on any atom is 0.293 e. The SMILES string of the molecule is CS(=O)(=O)c1ccc(N2CCC(N)CC2)c([N+](=O)[O-])c1. The van der Waals surface area contributed by atoms with Crippen LogP contribution in [0.1, 0.15) is 12.8 Å². The summed E-state index contributed by atoms with van der Waals surface area (Å²) >= 11 is 0. The molecule has 20 heavy (non-hydrogen) atoms. The predicted octanol–water partition coefficient (Wildman–Crippen LogP) is 0.926. The summed E-state index contributed by atoms with van der Waals surface area (Å²) in [6.45, 7) is 1.28. The molecule has 0 atom stereocenters. The lowest BCUT2D eigenvalue weighted by atomic mass is 10.1. The van der Waals surface area contributed by atoms with Gasteiger partial charge in [-0.3, -0.25) is 10.1 Å². The average molecular weight is 299 g/mol. The molecule has 0 unspecified atom stereocenters. The molecule has 1 aromatic carbocycles. The van der Waals surface area contributed by atoms with E-state index < -0.39 is 14.8 Å². The summed E-state index contributed by atoms with van der Waals surface area (Å²) in [5, 5.41) is 11.2. The molecule has 2 N–H and O–H groups in total. The van der Waals surface area contributed by atoms with Gasteiger partial charge in [0, 0.05) is 31.5 Å². The zero-order valence-electron chi connectivity index (χ0n) is 11.2. The molecule has 1 fully saturated rings. The smallest absolute Gasteiger partial charge is 0.293 e. The summed E-state index contributed by atoms with van der Waals surface area (Å²) in [4.78, 5) is 12.5. The molecule has 0 saturated carbocycles. The van der Waals surface area contributed by atoms with Crippen LogP contribution < -0.4 is 10.6 Å². The fraction of sp³-hybridized carbons (Fsp3) is 0.500. The van der Waals surface area contributed by atoms with Gasteiger partial charge in [0.25, 0.3) is 5.69 Å². The van der Waals surface area contributed by atoms with Gasteiger partial charge in [-0.15, -0.1) is 0 Å². The van der Waals surface area contributed by atoms with Crippen molar-refractivity contribution in [2.45, 2.75) is 23.8 Å². The number of nitro groups is 1. The molecule has 0 aromatic heterocycles. The second-order valence-electron chi connectivity index (χ2n) is 5.00. The van der Waals surface area contributed by atoms with Gasteiger partial charge < -0.3 is 10.6 Å². The van der Waals surface area contributed by atoms with Gasteiger partial charge in [-0.2, -0.15) is 0 Å². The Morgan fingerprint density at radius 2 is 1.95 bits per heavy atom. The Labute approximate surface area is 117 Å². The lowest BCUT2D eigenvalue weighted by Crippen LogP contribution is -2.39. The average Bonchev–Trinajstić information content (AvgIpc) is 2.38. The van der Waals surface area contributed by atoms with E-state index in [1.807, 2.05) is 4.90 Å². The number of piperidine rings is 1. The van der Waals surface area contributed by atoms with Crippen molar-refractivity contribution < 1.29 is 13.3 Å². The fourth-order valence-electron chi connectivity index (χ4n) is 2.29. The van der Waals surface area contributed by atoms with Crippen molar-refractivity contribution >= 4 is 21.2 Å². The maximum absolute atomic E-state index is 11.5. The van der Waals surface area contributed by atoms with Crippen LogP contribution in [-0.2, 0) is 9.84 Å². The van der Waals surface area contributed by atoms with Crippen LogP contribution in [0.3, 0.4) is 0 Å². The lowest BCUT2D eigenvalue weighted by Gasteiger charge is -2.31. The molecular formula is C12H17N3O4S. The third kappa shape index (κ3) is 3.07. The summed E-state index contributed by atoms with van der Waals surface area (Å²) in [7, 11) is -3.46. The number of hydrogen-bond acceptors (Lipinski definition) is 6. The summed E-state index contributed by atoms with van der Waals surface area (Å²) in [6.07, 6.45) is 2.57. The Balaban J connectivity index is 2.41. The van der Waals surface area contributed by atoms with Gasteiger partial charge >= 0.3 is 0 Å². The van der Waals surface area contributed by atoms with Gasteiger partial charge in [-0.1, -0.05) is 0 Å². The van der Waals surface area contributed by atoms with Crippen molar-refractivity contribution in [3.05, 3.63) is 28.3 Å². The molecule has 0 aliphatic carbocycles. The second-order valence-corrected chi connectivity index (χ2v) is 7.02. The van der Waals surface area contributed by atoms with Crippen LogP contribution in [-0.4, -0.2) is 38.7 Å². The highest BCUT2D eigenvalue weighted by atomic mass is 32.2. The maximum atomic E-state index is 11.5. The molecule has 7 nitrogen and oxygen atoms in total. The van der Waals surface area contributed by atoms with E-state index in [0.29, 0.717) is 18.8 Å². The Kier molecular flexibility index (Phi) is 3.96. The van der Waals surface area contributed by atoms with E-state index in [2.05, 4.69) is 0 Å². The fourth-order valence-corrected chi connectivity index (χ4v) is 2.93. The molecule has 0 spiro atoms. The summed E-state index contributed by atoms with van der Waals surface area (Å²) in [5.74, 6) is 0. The van der Waals surface area contributed by atoms with Gasteiger partial charge in [0.15, 0.2) is 9.84 Å². The highest BCUT2D eigenvalue weighted by Crippen LogP contribution is 2.32. The molecule has 0 radical (unpaired) electrons. The van der Waals surface area contributed by atoms with Gasteiger partial charge in [-0.25, -0.2) is 8.42 Å². The Morgan fingerprint density at radius 3 is 2.45 bits per heavy atom. The summed E-state index contributed by atoms with van der Waals surface area (Å²) in [5.41, 5.74) is 6.09. The number of nitro benzene ring substituents is 1. The number of rotatable bonds is 3. The van der Waals surface area contributed by atoms with Crippen molar-refractivity contribution in [2.24, 2.45) is 5.73 Å². The molecular weight excluding hydrogens is 282 g/mol. The molecule has 0 bridgehead atoms. The van der Waals surface area contributed by atoms with Crippen molar-refractivity contribution in [2.75, 3.05) is 24.2 Å². The van der Waals surface area contributed by atoms with Crippen LogP contribution in [0.4, 0.5) is 11.4 Å². The molecule has 1 aromatic rings. The van der Waals surface area contributed by atoms with E-state index in [0.717, 1.165) is 25.2 Å². The van der Waals surface area contributed by atoms with E-state index >= 15 is 0 Å². The summed E-state index contributed by atoms with van der Waals surface area (Å²) < 4.78 is 23.0. The monoisotopic (exact) mass is 299 g/mol. The van der Waals surface area contributed by atoms with Crippen molar-refractivity contribution in [1.29, 1.82) is 0 Å². The number of anilines is 1. The predicted molar refractivity (Wildman–Crippen MR) is 75.6 cm³/mol. The van der Waals surface area contributed by atoms with E-state index in [4.69, 9.17) is 5.73 Å². The summed E-state index contributed by atoms with van der Waals surface area (Å²) in [6, 6.07) is 4.16. The minimum Gasteiger partial charge on any atom is -0.366 e. The molecule has 2 rings (SSSR count). The van der Waals surface area contributed by atoms with E-state index in [1.165, 1.54) is 12.1 Å². The van der Waals surface area contributed by atoms with Gasteiger partial charge in [0.2, 0.25) is 0 Å². The minimum atomic E-state index is -3.46. The second kappa shape index (κ2) is 5.37. The van der Waals surface area contributed by atoms with Crippen molar-refractivity contribution in [3.63, 3.8) is 0 Å². The largest absolute Gasteiger partial charge is 0.366 e. The molecule has 110 valence electrons. The zero-order chi connectivity index (χ0) is 14.9. The first kappa shape index (κ1) is 14.7. The van der Waals surface area contributed by atoms with Crippen LogP contribution in [0.5, 0.6) is 0 Å². The first-order chi connectivity index (χ1) is 9.29. The van der Waals surface area contributed by atoms with E-state index in [-0.39, 0.29) is 16.6 Å². The highest BCUT2D eigenvalue weighted by Gasteiger charge is 2.25. The standard InChI is InChI=1S/C12H17N3O4S/c1-20(18,19)10-2-3-11(12(8-10)15(16)17)14-6-4-9(13)5-7-14/h2-3,8-9H,4-7,13H2,1H3. The van der Waals surface area contributed by atoms with E-state index in [9.17, 15) is 18.5 Å². The molecule has 1 aliphatic rings. The number of hydrogen-bond donors (Lipinski definition) is 1. The van der Waals surface area contributed by atoms with Gasteiger partial charge in [0.05, 0.1) is 9.82 Å². The molecule has 1 heterocycles. The highest BCUT2D eigenvalue weighted by molar-refractivity contribution is 7.90. The molecule has 1 saturated heterocycles. The number of benzene rings is 1. The molecule has 8 heteroatoms. The van der Waals surface area contributed by atoms with Crippen LogP contribution in [0.2, 0.25) is 0 Å². The normalized spacial score (nSPS) is 17.2. The topological polar surface area (TPSA) is 107 Å². The number of sulfone groups is 1. The number of nitrogens with two attached hydrogens (primary N) is 1. The first-order valence-electron chi connectivity index (χ1n) is 6.28. The van der Waals surface area contributed by atoms with Gasteiger partial charge in [0.1, 0.15) is 5.69 Å². The Hall–Kier alpha value is -1.67. The van der Waals surface area contributed by atoms with Crippen molar-refractivity contribution in [1.82, 2.24) is 0 Å². The Bertz CT molecular complexity index is 622. The van der Waals surface area contributed by atoms with E-state index in [1.54, 1.807) is 0 Å². The minimum absolute atomic E-state index is 0.0401. The van der Waals surface area contributed by atoms with Crippen LogP contribution in [0, 0.1) is 10.1 Å². The third-order valence-corrected chi connectivity index (χ3v) is 4.56. The van der Waals surface area contributed by atoms with Crippen LogP contribution >= 0.6 is 0 Å². The van der Waals surface area contributed by atoms with Crippen molar-refractivity contribution in [3.8, 4) is 0 Å². The third-order valence-electron chi connectivity index (χ3n) is 3.45.